The molecule has 0 amide bonds. The molecule has 35 heavy (non-hydrogen) atoms. The Balaban J connectivity index is 1.19. The third-order valence-corrected chi connectivity index (χ3v) is 6.93. The van der Waals surface area contributed by atoms with Crippen molar-refractivity contribution >= 4 is 16.7 Å². The quantitative estimate of drug-likeness (QED) is 0.360. The highest BCUT2D eigenvalue weighted by Crippen LogP contribution is 2.31. The van der Waals surface area contributed by atoms with Gasteiger partial charge in [-0.3, -0.25) is 10.00 Å². The molecule has 3 aromatic carbocycles. The molecule has 2 heterocycles. The summed E-state index contributed by atoms with van der Waals surface area (Å²) in [5, 5.41) is 8.77. The summed E-state index contributed by atoms with van der Waals surface area (Å²) >= 11 is 0. The topological polar surface area (TPSA) is 44.4 Å². The summed E-state index contributed by atoms with van der Waals surface area (Å²) in [6.07, 6.45) is 1.92. The number of rotatable bonds is 8. The van der Waals surface area contributed by atoms with E-state index in [9.17, 15) is 8.78 Å². The Morgan fingerprint density at radius 2 is 1.51 bits per heavy atom. The summed E-state index contributed by atoms with van der Waals surface area (Å²) in [6.45, 7) is 4.75. The van der Waals surface area contributed by atoms with E-state index >= 15 is 0 Å². The molecular weight excluding hydrogens is 446 g/mol. The van der Waals surface area contributed by atoms with Gasteiger partial charge in [0.25, 0.3) is 0 Å². The molecule has 1 fully saturated rings. The van der Waals surface area contributed by atoms with Gasteiger partial charge in [-0.2, -0.15) is 5.10 Å². The Bertz CT molecular complexity index is 1200. The minimum Gasteiger partial charge on any atom is -0.497 e. The minimum absolute atomic E-state index is 0.114. The van der Waals surface area contributed by atoms with Crippen LogP contribution in [-0.4, -0.2) is 54.9 Å². The molecule has 0 unspecified atom stereocenters. The van der Waals surface area contributed by atoms with Crippen molar-refractivity contribution < 1.29 is 13.5 Å². The van der Waals surface area contributed by atoms with Crippen molar-refractivity contribution in [1.82, 2.24) is 15.1 Å². The van der Waals surface area contributed by atoms with Crippen LogP contribution in [0, 0.1) is 11.6 Å². The van der Waals surface area contributed by atoms with E-state index in [-0.39, 0.29) is 17.6 Å². The Hall–Kier alpha value is -3.45. The summed E-state index contributed by atoms with van der Waals surface area (Å²) in [5.41, 5.74) is 3.13. The van der Waals surface area contributed by atoms with Gasteiger partial charge in [-0.05, 0) is 73.0 Å². The van der Waals surface area contributed by atoms with E-state index in [0.717, 1.165) is 79.2 Å². The molecule has 7 heteroatoms. The Labute approximate surface area is 204 Å². The Morgan fingerprint density at radius 3 is 2.11 bits per heavy atom. The van der Waals surface area contributed by atoms with Gasteiger partial charge >= 0.3 is 0 Å². The molecule has 1 aliphatic rings. The highest BCUT2D eigenvalue weighted by Gasteiger charge is 2.22. The highest BCUT2D eigenvalue weighted by molar-refractivity contribution is 5.91. The molecule has 0 aliphatic carbocycles. The second-order valence-corrected chi connectivity index (χ2v) is 9.09. The summed E-state index contributed by atoms with van der Waals surface area (Å²) in [4.78, 5) is 4.81. The first-order chi connectivity index (χ1) is 17.1. The molecule has 1 saturated heterocycles. The van der Waals surface area contributed by atoms with Crippen LogP contribution in [0.4, 0.5) is 14.6 Å². The van der Waals surface area contributed by atoms with Crippen molar-refractivity contribution in [3.63, 3.8) is 0 Å². The molecule has 0 saturated carbocycles. The van der Waals surface area contributed by atoms with Gasteiger partial charge in [0.2, 0.25) is 0 Å². The zero-order valence-corrected chi connectivity index (χ0v) is 19.9. The molecule has 1 aromatic heterocycles. The number of hydrogen-bond acceptors (Lipinski definition) is 4. The number of H-pyrrole nitrogens is 1. The van der Waals surface area contributed by atoms with Gasteiger partial charge in [0, 0.05) is 37.5 Å². The van der Waals surface area contributed by atoms with E-state index in [2.05, 4.69) is 20.0 Å². The fourth-order valence-corrected chi connectivity index (χ4v) is 4.97. The van der Waals surface area contributed by atoms with Crippen molar-refractivity contribution in [2.45, 2.75) is 18.8 Å². The largest absolute Gasteiger partial charge is 0.497 e. The highest BCUT2D eigenvalue weighted by atomic mass is 19.1. The van der Waals surface area contributed by atoms with E-state index in [1.807, 2.05) is 42.5 Å². The van der Waals surface area contributed by atoms with E-state index < -0.39 is 0 Å². The SMILES string of the molecule is COc1ccc2[nH]nc(N3CCN(CCCC(c4ccc(F)cc4)c4ccc(F)cc4)CC3)c2c1. The number of anilines is 1. The molecule has 0 radical (unpaired) electrons. The van der Waals surface area contributed by atoms with Crippen LogP contribution in [0.5, 0.6) is 5.75 Å². The predicted molar refractivity (Wildman–Crippen MR) is 135 cm³/mol. The summed E-state index contributed by atoms with van der Waals surface area (Å²) in [7, 11) is 1.68. The van der Waals surface area contributed by atoms with Crippen LogP contribution >= 0.6 is 0 Å². The van der Waals surface area contributed by atoms with Crippen molar-refractivity contribution in [2.75, 3.05) is 44.7 Å². The second-order valence-electron chi connectivity index (χ2n) is 9.09. The third kappa shape index (κ3) is 5.30. The number of ether oxygens (including phenoxy) is 1. The van der Waals surface area contributed by atoms with Crippen LogP contribution in [0.2, 0.25) is 0 Å². The van der Waals surface area contributed by atoms with Crippen LogP contribution in [0.3, 0.4) is 0 Å². The van der Waals surface area contributed by atoms with Gasteiger partial charge < -0.3 is 9.64 Å². The van der Waals surface area contributed by atoms with Gasteiger partial charge in [-0.15, -0.1) is 0 Å². The van der Waals surface area contributed by atoms with E-state index in [4.69, 9.17) is 4.74 Å². The third-order valence-electron chi connectivity index (χ3n) is 6.93. The molecule has 0 atom stereocenters. The number of halogens is 2. The Morgan fingerprint density at radius 1 is 0.886 bits per heavy atom. The lowest BCUT2D eigenvalue weighted by Crippen LogP contribution is -2.46. The lowest BCUT2D eigenvalue weighted by Gasteiger charge is -2.35. The maximum atomic E-state index is 13.5. The number of hydrogen-bond donors (Lipinski definition) is 1. The molecule has 0 spiro atoms. The molecule has 0 bridgehead atoms. The van der Waals surface area contributed by atoms with Crippen molar-refractivity contribution in [2.24, 2.45) is 0 Å². The maximum Gasteiger partial charge on any atom is 0.158 e. The van der Waals surface area contributed by atoms with Crippen LogP contribution in [-0.2, 0) is 0 Å². The zero-order valence-electron chi connectivity index (χ0n) is 19.9. The Kier molecular flexibility index (Phi) is 6.95. The van der Waals surface area contributed by atoms with Crippen LogP contribution in [0.15, 0.2) is 66.7 Å². The zero-order chi connectivity index (χ0) is 24.2. The van der Waals surface area contributed by atoms with E-state index in [1.54, 1.807) is 7.11 Å². The van der Waals surface area contributed by atoms with Gasteiger partial charge in [0.15, 0.2) is 5.82 Å². The van der Waals surface area contributed by atoms with Crippen molar-refractivity contribution in [1.29, 1.82) is 0 Å². The second kappa shape index (κ2) is 10.4. The van der Waals surface area contributed by atoms with Crippen LogP contribution < -0.4 is 9.64 Å². The lowest BCUT2D eigenvalue weighted by atomic mass is 9.87. The van der Waals surface area contributed by atoms with Crippen molar-refractivity contribution in [3.8, 4) is 5.75 Å². The number of aromatic amines is 1. The average Bonchev–Trinajstić information content (AvgIpc) is 3.32. The number of fused-ring (bicyclic) bond motifs is 1. The van der Waals surface area contributed by atoms with Crippen LogP contribution in [0.1, 0.15) is 29.9 Å². The van der Waals surface area contributed by atoms with Crippen LogP contribution in [0.25, 0.3) is 10.9 Å². The molecule has 5 nitrogen and oxygen atoms in total. The van der Waals surface area contributed by atoms with Gasteiger partial charge in [0.1, 0.15) is 17.4 Å². The number of aromatic nitrogens is 2. The molecular formula is C28H30F2N4O. The molecule has 182 valence electrons. The first-order valence-electron chi connectivity index (χ1n) is 12.1. The summed E-state index contributed by atoms with van der Waals surface area (Å²) < 4.78 is 32.4. The number of methoxy groups -OCH3 is 1. The minimum atomic E-state index is -0.243. The predicted octanol–water partition coefficient (Wildman–Crippen LogP) is 5.58. The molecule has 1 aliphatic heterocycles. The molecule has 4 aromatic rings. The fraction of sp³-hybridized carbons (Fsp3) is 0.321. The van der Waals surface area contributed by atoms with E-state index in [0.29, 0.717) is 0 Å². The number of nitrogens with one attached hydrogen (secondary N) is 1. The molecule has 1 N–H and O–H groups in total. The first kappa shape index (κ1) is 23.3. The number of nitrogens with zero attached hydrogens (tertiary/aromatic N) is 3. The van der Waals surface area contributed by atoms with Gasteiger partial charge in [-0.25, -0.2) is 8.78 Å². The molecule has 5 rings (SSSR count). The summed E-state index contributed by atoms with van der Waals surface area (Å²) in [5.74, 6) is 1.44. The average molecular weight is 477 g/mol. The van der Waals surface area contributed by atoms with Crippen molar-refractivity contribution in [3.05, 3.63) is 89.5 Å². The summed E-state index contributed by atoms with van der Waals surface area (Å²) in [6, 6.07) is 19.3. The number of benzene rings is 3. The lowest BCUT2D eigenvalue weighted by molar-refractivity contribution is 0.251. The standard InChI is InChI=1S/C28H30F2N4O/c1-35-24-12-13-27-26(19-24)28(32-31-27)34-17-15-33(16-18-34)14-2-3-25(20-4-8-22(29)9-5-20)21-6-10-23(30)11-7-21/h4-13,19,25H,2-3,14-18H2,1H3,(H,31,32). The fourth-order valence-electron chi connectivity index (χ4n) is 4.97. The van der Waals surface area contributed by atoms with Gasteiger partial charge in [0.05, 0.1) is 12.6 Å². The smallest absolute Gasteiger partial charge is 0.158 e. The maximum absolute atomic E-state index is 13.5. The normalized spacial score (nSPS) is 14.7. The van der Waals surface area contributed by atoms with Gasteiger partial charge in [-0.1, -0.05) is 24.3 Å². The number of piperazine rings is 1. The monoisotopic (exact) mass is 476 g/mol. The van der Waals surface area contributed by atoms with E-state index in [1.165, 1.54) is 24.3 Å². The first-order valence-corrected chi connectivity index (χ1v) is 12.1.